The monoisotopic (exact) mass is 270 g/mol. The summed E-state index contributed by atoms with van der Waals surface area (Å²) in [6.45, 7) is 19.0. The van der Waals surface area contributed by atoms with Gasteiger partial charge >= 0.3 is 5.97 Å². The largest absolute Gasteiger partial charge is 0.518 e. The van der Waals surface area contributed by atoms with Gasteiger partial charge < -0.3 is 4.43 Å². The first-order chi connectivity index (χ1) is 7.85. The fourth-order valence-electron chi connectivity index (χ4n) is 2.42. The van der Waals surface area contributed by atoms with Gasteiger partial charge in [0, 0.05) is 5.57 Å². The molecule has 106 valence electrons. The van der Waals surface area contributed by atoms with Crippen molar-refractivity contribution in [1.82, 2.24) is 0 Å². The molecule has 0 amide bonds. The van der Waals surface area contributed by atoms with Crippen LogP contribution in [-0.2, 0) is 9.22 Å². The van der Waals surface area contributed by atoms with E-state index >= 15 is 0 Å². The van der Waals surface area contributed by atoms with E-state index in [1.54, 1.807) is 0 Å². The zero-order valence-electron chi connectivity index (χ0n) is 13.5. The van der Waals surface area contributed by atoms with Gasteiger partial charge in [-0.05, 0) is 22.9 Å². The summed E-state index contributed by atoms with van der Waals surface area (Å²) in [6.07, 6.45) is 1.97. The lowest BCUT2D eigenvalue weighted by molar-refractivity contribution is -0.131. The van der Waals surface area contributed by atoms with E-state index in [1.165, 1.54) is 0 Å². The van der Waals surface area contributed by atoms with E-state index in [0.717, 1.165) is 5.57 Å². The van der Waals surface area contributed by atoms with Crippen molar-refractivity contribution in [3.63, 3.8) is 0 Å². The molecule has 0 N–H and O–H groups in total. The van der Waals surface area contributed by atoms with Gasteiger partial charge in [-0.3, -0.25) is 0 Å². The summed E-state index contributed by atoms with van der Waals surface area (Å²) in [5, 5.41) is 0.151. The molecule has 0 saturated heterocycles. The van der Waals surface area contributed by atoms with Crippen LogP contribution in [0.5, 0.6) is 0 Å². The molecule has 18 heavy (non-hydrogen) atoms. The van der Waals surface area contributed by atoms with Crippen molar-refractivity contribution in [2.24, 2.45) is 5.92 Å². The average molecular weight is 270 g/mol. The van der Waals surface area contributed by atoms with E-state index in [1.807, 2.05) is 13.0 Å². The van der Waals surface area contributed by atoms with Crippen molar-refractivity contribution < 1.29 is 9.22 Å². The summed E-state index contributed by atoms with van der Waals surface area (Å²) >= 11 is 0. The normalized spacial score (nSPS) is 14.3. The Kier molecular flexibility index (Phi) is 5.85. The van der Waals surface area contributed by atoms with Crippen molar-refractivity contribution in [3.8, 4) is 0 Å². The minimum absolute atomic E-state index is 0.0754. The number of carbonyl (C=O) groups is 1. The van der Waals surface area contributed by atoms with E-state index in [0.29, 0.717) is 5.92 Å². The Balaban J connectivity index is 4.99. The maximum absolute atomic E-state index is 12.1. The maximum atomic E-state index is 12.1. The SMILES string of the molecule is CC(=CC(C)C)C(=O)O[SiH](C(C)(C)C)C(C)(C)C. The van der Waals surface area contributed by atoms with Gasteiger partial charge in [0.05, 0.1) is 0 Å². The fourth-order valence-corrected chi connectivity index (χ4v) is 6.13. The Hall–Kier alpha value is -0.573. The summed E-state index contributed by atoms with van der Waals surface area (Å²) in [7, 11) is -1.66. The first-order valence-corrected chi connectivity index (χ1v) is 8.37. The van der Waals surface area contributed by atoms with Crippen molar-refractivity contribution >= 4 is 15.0 Å². The van der Waals surface area contributed by atoms with Gasteiger partial charge in [0.1, 0.15) is 0 Å². The van der Waals surface area contributed by atoms with Crippen LogP contribution in [0.25, 0.3) is 0 Å². The summed E-state index contributed by atoms with van der Waals surface area (Å²) in [5.74, 6) is 0.243. The molecule has 2 nitrogen and oxygen atoms in total. The zero-order chi connectivity index (χ0) is 14.7. The number of hydrogen-bond donors (Lipinski definition) is 0. The highest BCUT2D eigenvalue weighted by molar-refractivity contribution is 6.60. The number of rotatable bonds is 3. The Labute approximate surface area is 115 Å². The van der Waals surface area contributed by atoms with Crippen molar-refractivity contribution in [2.75, 3.05) is 0 Å². The minimum Gasteiger partial charge on any atom is -0.518 e. The summed E-state index contributed by atoms with van der Waals surface area (Å²) < 4.78 is 5.87. The lowest BCUT2D eigenvalue weighted by Crippen LogP contribution is -2.40. The van der Waals surface area contributed by atoms with Crippen LogP contribution in [0.2, 0.25) is 10.1 Å². The number of carbonyl (C=O) groups excluding carboxylic acids is 1. The fraction of sp³-hybridized carbons (Fsp3) is 0.800. The second-order valence-corrected chi connectivity index (χ2v) is 12.1. The van der Waals surface area contributed by atoms with Gasteiger partial charge in [-0.2, -0.15) is 0 Å². The lowest BCUT2D eigenvalue weighted by atomic mass is 10.1. The highest BCUT2D eigenvalue weighted by Gasteiger charge is 2.41. The molecule has 0 fully saturated rings. The Bertz CT molecular complexity index is 302. The molecule has 0 atom stereocenters. The van der Waals surface area contributed by atoms with Crippen molar-refractivity contribution in [1.29, 1.82) is 0 Å². The van der Waals surface area contributed by atoms with Gasteiger partial charge in [-0.25, -0.2) is 4.79 Å². The van der Waals surface area contributed by atoms with Gasteiger partial charge in [0.25, 0.3) is 0 Å². The van der Waals surface area contributed by atoms with Crippen LogP contribution in [0.15, 0.2) is 11.6 Å². The second kappa shape index (κ2) is 6.05. The van der Waals surface area contributed by atoms with Crippen LogP contribution in [0.4, 0.5) is 0 Å². The quantitative estimate of drug-likeness (QED) is 0.559. The van der Waals surface area contributed by atoms with Crippen LogP contribution < -0.4 is 0 Å². The molecule has 0 unspecified atom stereocenters. The minimum atomic E-state index is -1.66. The van der Waals surface area contributed by atoms with Crippen LogP contribution >= 0.6 is 0 Å². The molecular formula is C15H30O2Si. The van der Waals surface area contributed by atoms with Crippen LogP contribution in [0.3, 0.4) is 0 Å². The predicted octanol–water partition coefficient (Wildman–Crippen LogP) is 4.46. The molecule has 3 heteroatoms. The molecule has 0 heterocycles. The van der Waals surface area contributed by atoms with Crippen LogP contribution in [0, 0.1) is 5.92 Å². The maximum Gasteiger partial charge on any atom is 0.319 e. The first-order valence-electron chi connectivity index (χ1n) is 6.75. The summed E-state index contributed by atoms with van der Waals surface area (Å²) in [5.41, 5.74) is 0.732. The molecule has 0 aromatic heterocycles. The molecular weight excluding hydrogens is 240 g/mol. The number of hydrogen-bond acceptors (Lipinski definition) is 2. The van der Waals surface area contributed by atoms with E-state index in [4.69, 9.17) is 4.43 Å². The van der Waals surface area contributed by atoms with E-state index in [9.17, 15) is 4.79 Å². The molecule has 0 aliphatic heterocycles. The van der Waals surface area contributed by atoms with Gasteiger partial charge in [-0.1, -0.05) is 61.5 Å². The van der Waals surface area contributed by atoms with Crippen LogP contribution in [0.1, 0.15) is 62.3 Å². The lowest BCUT2D eigenvalue weighted by Gasteiger charge is -2.37. The highest BCUT2D eigenvalue weighted by atomic mass is 28.3. The third-order valence-electron chi connectivity index (χ3n) is 2.70. The third-order valence-corrected chi connectivity index (χ3v) is 6.30. The molecule has 0 rings (SSSR count). The van der Waals surface area contributed by atoms with Crippen molar-refractivity contribution in [2.45, 2.75) is 72.4 Å². The molecule has 0 saturated carbocycles. The van der Waals surface area contributed by atoms with Crippen LogP contribution in [-0.4, -0.2) is 15.0 Å². The summed E-state index contributed by atoms with van der Waals surface area (Å²) in [4.78, 5) is 12.1. The van der Waals surface area contributed by atoms with Crippen molar-refractivity contribution in [3.05, 3.63) is 11.6 Å². The Morgan fingerprint density at radius 1 is 1.06 bits per heavy atom. The zero-order valence-corrected chi connectivity index (χ0v) is 14.7. The average Bonchev–Trinajstić information content (AvgIpc) is 2.08. The Morgan fingerprint density at radius 3 is 1.72 bits per heavy atom. The van der Waals surface area contributed by atoms with Gasteiger partial charge in [0.2, 0.25) is 9.04 Å². The van der Waals surface area contributed by atoms with E-state index in [-0.39, 0.29) is 16.0 Å². The smallest absolute Gasteiger partial charge is 0.319 e. The summed E-state index contributed by atoms with van der Waals surface area (Å²) in [6, 6.07) is 0. The van der Waals surface area contributed by atoms with E-state index < -0.39 is 9.04 Å². The highest BCUT2D eigenvalue weighted by Crippen LogP contribution is 2.42. The predicted molar refractivity (Wildman–Crippen MR) is 81.3 cm³/mol. The standard InChI is InChI=1S/C15H30O2Si/c1-11(2)10-12(3)13(16)17-18(14(4,5)6)15(7,8)9/h10-11,18H,1-9H3. The van der Waals surface area contributed by atoms with Gasteiger partial charge in [0.15, 0.2) is 0 Å². The molecule has 0 aromatic rings. The third kappa shape index (κ3) is 5.85. The first kappa shape index (κ1) is 17.4. The molecule has 0 aliphatic carbocycles. The molecule has 0 aliphatic rings. The number of allylic oxidation sites excluding steroid dienone is 1. The Morgan fingerprint density at radius 2 is 1.44 bits per heavy atom. The molecule has 0 radical (unpaired) electrons. The second-order valence-electron chi connectivity index (χ2n) is 7.61. The van der Waals surface area contributed by atoms with E-state index in [2.05, 4.69) is 55.4 Å². The molecule has 0 spiro atoms. The molecule has 0 bridgehead atoms. The topological polar surface area (TPSA) is 26.3 Å². The molecule has 0 aromatic carbocycles. The van der Waals surface area contributed by atoms with Gasteiger partial charge in [-0.15, -0.1) is 0 Å².